The molecular weight excluding hydrogens is 218 g/mol. The summed E-state index contributed by atoms with van der Waals surface area (Å²) in [5, 5.41) is 2.22. The van der Waals surface area contributed by atoms with Gasteiger partial charge in [0.2, 0.25) is 0 Å². The summed E-state index contributed by atoms with van der Waals surface area (Å²) in [6, 6.07) is 0.889. The van der Waals surface area contributed by atoms with Gasteiger partial charge in [-0.25, -0.2) is 4.39 Å². The summed E-state index contributed by atoms with van der Waals surface area (Å²) >= 11 is 0. The van der Waals surface area contributed by atoms with Gasteiger partial charge in [0.1, 0.15) is 11.5 Å². The molecule has 3 nitrogen and oxygen atoms in total. The number of aldehydes is 1. The van der Waals surface area contributed by atoms with Gasteiger partial charge in [-0.3, -0.25) is 4.79 Å². The molecule has 7 heteroatoms. The molecular formula is C8H3F4NO2. The van der Waals surface area contributed by atoms with Gasteiger partial charge in [-0.05, 0) is 17.3 Å². The minimum absolute atomic E-state index is 0.112. The third-order valence-corrected chi connectivity index (χ3v) is 1.62. The van der Waals surface area contributed by atoms with Crippen molar-refractivity contribution in [1.29, 1.82) is 0 Å². The number of nitrogens with zero attached hydrogens (tertiary/aromatic N) is 1. The molecule has 0 saturated carbocycles. The van der Waals surface area contributed by atoms with Gasteiger partial charge in [0, 0.05) is 0 Å². The fourth-order valence-corrected chi connectivity index (χ4v) is 0.976. The van der Waals surface area contributed by atoms with E-state index in [-0.39, 0.29) is 12.4 Å². The van der Waals surface area contributed by atoms with Gasteiger partial charge >= 0.3 is 6.18 Å². The summed E-state index contributed by atoms with van der Waals surface area (Å²) in [6.07, 6.45) is -5.08. The molecule has 0 radical (unpaired) electrons. The Labute approximate surface area is 80.7 Å². The Morgan fingerprint density at radius 1 is 1.27 bits per heavy atom. The molecule has 0 fully saturated rings. The van der Waals surface area contributed by atoms with Crippen LogP contribution in [0.5, 0.6) is 0 Å². The van der Waals surface area contributed by atoms with Gasteiger partial charge in [-0.1, -0.05) is 0 Å². The summed E-state index contributed by atoms with van der Waals surface area (Å²) < 4.78 is 49.5. The minimum atomic E-state index is -4.97. The van der Waals surface area contributed by atoms with Crippen LogP contribution in [0.3, 0.4) is 0 Å². The molecule has 0 saturated heterocycles. The van der Waals surface area contributed by atoms with Crippen LogP contribution in [0.4, 0.5) is 23.2 Å². The van der Waals surface area contributed by atoms with E-state index in [1.807, 2.05) is 0 Å². The third-order valence-electron chi connectivity index (χ3n) is 1.62. The van der Waals surface area contributed by atoms with Gasteiger partial charge in [0.15, 0.2) is 6.29 Å². The van der Waals surface area contributed by atoms with Crippen LogP contribution >= 0.6 is 0 Å². The van der Waals surface area contributed by atoms with E-state index in [0.717, 1.165) is 0 Å². The highest BCUT2D eigenvalue weighted by Crippen LogP contribution is 2.34. The van der Waals surface area contributed by atoms with Crippen LogP contribution in [-0.2, 0) is 6.18 Å². The zero-order chi connectivity index (χ0) is 11.6. The van der Waals surface area contributed by atoms with E-state index in [2.05, 4.69) is 5.18 Å². The number of hydrogen-bond acceptors (Lipinski definition) is 3. The number of carbonyl (C=O) groups excluding carboxylic acids is 1. The Balaban J connectivity index is 3.50. The zero-order valence-electron chi connectivity index (χ0n) is 7.01. The summed E-state index contributed by atoms with van der Waals surface area (Å²) in [5.41, 5.74) is -3.17. The summed E-state index contributed by atoms with van der Waals surface area (Å²) in [4.78, 5) is 20.2. The molecule has 80 valence electrons. The molecule has 0 bridgehead atoms. The lowest BCUT2D eigenvalue weighted by Crippen LogP contribution is -2.09. The molecule has 0 aliphatic heterocycles. The van der Waals surface area contributed by atoms with Crippen LogP contribution in [0.15, 0.2) is 17.3 Å². The molecule has 0 N–H and O–H groups in total. The molecule has 1 aromatic rings. The van der Waals surface area contributed by atoms with Crippen molar-refractivity contribution in [3.05, 3.63) is 34.0 Å². The first-order chi connectivity index (χ1) is 6.90. The lowest BCUT2D eigenvalue weighted by atomic mass is 10.1. The number of halogens is 4. The number of nitroso groups, excluding NO2 is 1. The van der Waals surface area contributed by atoms with E-state index in [9.17, 15) is 27.3 Å². The van der Waals surface area contributed by atoms with Gasteiger partial charge < -0.3 is 0 Å². The Bertz CT molecular complexity index is 414. The smallest absolute Gasteiger partial charge is 0.298 e. The van der Waals surface area contributed by atoms with Crippen LogP contribution in [0.25, 0.3) is 0 Å². The van der Waals surface area contributed by atoms with Gasteiger partial charge in [-0.2, -0.15) is 13.2 Å². The maximum Gasteiger partial charge on any atom is 0.419 e. The van der Waals surface area contributed by atoms with Crippen molar-refractivity contribution in [3.8, 4) is 0 Å². The van der Waals surface area contributed by atoms with Crippen LogP contribution in [-0.4, -0.2) is 6.29 Å². The van der Waals surface area contributed by atoms with Crippen molar-refractivity contribution in [3.63, 3.8) is 0 Å². The van der Waals surface area contributed by atoms with Crippen LogP contribution in [0.2, 0.25) is 0 Å². The van der Waals surface area contributed by atoms with Crippen LogP contribution < -0.4 is 0 Å². The van der Waals surface area contributed by atoms with Crippen molar-refractivity contribution in [2.24, 2.45) is 5.18 Å². The molecule has 1 aromatic carbocycles. The Morgan fingerprint density at radius 3 is 2.27 bits per heavy atom. The van der Waals surface area contributed by atoms with E-state index < -0.39 is 28.8 Å². The fraction of sp³-hybridized carbons (Fsp3) is 0.125. The number of alkyl halides is 3. The summed E-state index contributed by atoms with van der Waals surface area (Å²) in [5.74, 6) is -1.70. The summed E-state index contributed by atoms with van der Waals surface area (Å²) in [6.45, 7) is 0. The predicted molar refractivity (Wildman–Crippen MR) is 42.2 cm³/mol. The summed E-state index contributed by atoms with van der Waals surface area (Å²) in [7, 11) is 0. The van der Waals surface area contributed by atoms with Crippen molar-refractivity contribution >= 4 is 12.0 Å². The normalized spacial score (nSPS) is 11.2. The Morgan fingerprint density at radius 2 is 1.87 bits per heavy atom. The molecule has 0 aromatic heterocycles. The second kappa shape index (κ2) is 3.76. The second-order valence-corrected chi connectivity index (χ2v) is 2.60. The van der Waals surface area contributed by atoms with Gasteiger partial charge in [0.05, 0.1) is 11.1 Å². The Kier molecular flexibility index (Phi) is 2.83. The molecule has 0 spiro atoms. The molecule has 0 aliphatic rings. The standard InChI is InChI=1S/C8H3F4NO2/c9-7-4(3-14)1-5(13-15)2-6(7)8(10,11)12/h1-3H. The number of benzene rings is 1. The van der Waals surface area contributed by atoms with Crippen LogP contribution in [0, 0.1) is 10.7 Å². The first-order valence-corrected chi connectivity index (χ1v) is 3.59. The first kappa shape index (κ1) is 11.3. The van der Waals surface area contributed by atoms with E-state index >= 15 is 0 Å². The average Bonchev–Trinajstić information content (AvgIpc) is 2.16. The fourth-order valence-electron chi connectivity index (χ4n) is 0.976. The van der Waals surface area contributed by atoms with E-state index in [1.165, 1.54) is 0 Å². The van der Waals surface area contributed by atoms with E-state index in [1.54, 1.807) is 0 Å². The van der Waals surface area contributed by atoms with Crippen molar-refractivity contribution in [1.82, 2.24) is 0 Å². The highest BCUT2D eigenvalue weighted by Gasteiger charge is 2.35. The van der Waals surface area contributed by atoms with E-state index in [4.69, 9.17) is 0 Å². The zero-order valence-corrected chi connectivity index (χ0v) is 7.01. The van der Waals surface area contributed by atoms with Gasteiger partial charge in [0.25, 0.3) is 0 Å². The SMILES string of the molecule is O=Cc1cc(N=O)cc(C(F)(F)F)c1F. The molecule has 0 amide bonds. The lowest BCUT2D eigenvalue weighted by Gasteiger charge is -2.09. The second-order valence-electron chi connectivity index (χ2n) is 2.60. The molecule has 15 heavy (non-hydrogen) atoms. The molecule has 0 aliphatic carbocycles. The molecule has 0 atom stereocenters. The highest BCUT2D eigenvalue weighted by molar-refractivity contribution is 5.77. The minimum Gasteiger partial charge on any atom is -0.298 e. The van der Waals surface area contributed by atoms with Crippen molar-refractivity contribution in [2.75, 3.05) is 0 Å². The number of rotatable bonds is 2. The molecule has 0 heterocycles. The number of carbonyl (C=O) groups is 1. The quantitative estimate of drug-likeness (QED) is 0.437. The van der Waals surface area contributed by atoms with E-state index in [0.29, 0.717) is 6.07 Å². The lowest BCUT2D eigenvalue weighted by molar-refractivity contribution is -0.139. The maximum absolute atomic E-state index is 13.0. The largest absolute Gasteiger partial charge is 0.419 e. The third kappa shape index (κ3) is 2.17. The first-order valence-electron chi connectivity index (χ1n) is 3.59. The molecule has 1 rings (SSSR count). The average molecular weight is 221 g/mol. The highest BCUT2D eigenvalue weighted by atomic mass is 19.4. The maximum atomic E-state index is 13.0. The topological polar surface area (TPSA) is 46.5 Å². The van der Waals surface area contributed by atoms with Crippen molar-refractivity contribution < 1.29 is 22.4 Å². The predicted octanol–water partition coefficient (Wildman–Crippen LogP) is 3.05. The number of hydrogen-bond donors (Lipinski definition) is 0. The monoisotopic (exact) mass is 221 g/mol. The molecule has 0 unspecified atom stereocenters. The van der Waals surface area contributed by atoms with Crippen LogP contribution in [0.1, 0.15) is 15.9 Å². The van der Waals surface area contributed by atoms with Crippen molar-refractivity contribution in [2.45, 2.75) is 6.18 Å². The van der Waals surface area contributed by atoms with Gasteiger partial charge in [-0.15, -0.1) is 4.91 Å². The Hall–Kier alpha value is -1.79.